The summed E-state index contributed by atoms with van der Waals surface area (Å²) in [5.74, 6) is 0. The number of nitrogens with one attached hydrogen (secondary N) is 1. The first-order valence-corrected chi connectivity index (χ1v) is 8.50. The zero-order valence-corrected chi connectivity index (χ0v) is 14.9. The molecule has 2 aliphatic rings. The van der Waals surface area contributed by atoms with E-state index < -0.39 is 35.8 Å². The zero-order chi connectivity index (χ0) is 20.3. The van der Waals surface area contributed by atoms with E-state index in [2.05, 4.69) is 15.0 Å². The van der Waals surface area contributed by atoms with Crippen molar-refractivity contribution in [3.63, 3.8) is 0 Å². The van der Waals surface area contributed by atoms with Crippen LogP contribution in [0.4, 0.5) is 4.79 Å². The van der Waals surface area contributed by atoms with Crippen molar-refractivity contribution >= 4 is 6.16 Å². The molecule has 1 aromatic heterocycles. The number of nitrogens with zero attached hydrogens (tertiary/aromatic N) is 4. The molecular weight excluding hydrogens is 378 g/mol. The molecule has 0 spiro atoms. The third-order valence-electron chi connectivity index (χ3n) is 4.46. The number of epoxide rings is 1. The Kier molecular flexibility index (Phi) is 5.99. The third-order valence-corrected chi connectivity index (χ3v) is 4.46. The number of H-pyrrole nitrogens is 1. The maximum absolute atomic E-state index is 12.0. The van der Waals surface area contributed by atoms with E-state index in [0.29, 0.717) is 5.56 Å². The zero-order valence-electron chi connectivity index (χ0n) is 14.9. The van der Waals surface area contributed by atoms with Gasteiger partial charge in [0.1, 0.15) is 37.8 Å². The fraction of sp³-hybridized carbons (Fsp3) is 0.667. The fourth-order valence-electron chi connectivity index (χ4n) is 2.85. The first-order chi connectivity index (χ1) is 13.4. The molecular formula is C15H19N5O8. The van der Waals surface area contributed by atoms with E-state index in [1.165, 1.54) is 17.7 Å². The Bertz CT molecular complexity index is 891. The van der Waals surface area contributed by atoms with Crippen molar-refractivity contribution in [2.24, 2.45) is 5.11 Å². The quantitative estimate of drug-likeness (QED) is 0.207. The van der Waals surface area contributed by atoms with Gasteiger partial charge in [0.15, 0.2) is 0 Å². The molecule has 0 radical (unpaired) electrons. The molecule has 2 N–H and O–H groups in total. The summed E-state index contributed by atoms with van der Waals surface area (Å²) in [5, 5.41) is 12.5. The number of aliphatic hydroxyl groups excluding tert-OH is 1. The van der Waals surface area contributed by atoms with Gasteiger partial charge in [0.25, 0.3) is 5.56 Å². The predicted molar refractivity (Wildman–Crippen MR) is 90.6 cm³/mol. The van der Waals surface area contributed by atoms with Crippen molar-refractivity contribution < 1.29 is 28.8 Å². The lowest BCUT2D eigenvalue weighted by Crippen LogP contribution is -2.33. The van der Waals surface area contributed by atoms with Crippen LogP contribution in [0.25, 0.3) is 10.4 Å². The number of aromatic nitrogens is 2. The number of aryl methyl sites for hydroxylation is 1. The van der Waals surface area contributed by atoms with Crippen molar-refractivity contribution in [3.05, 3.63) is 43.0 Å². The molecule has 2 saturated heterocycles. The molecule has 0 amide bonds. The molecule has 152 valence electrons. The minimum atomic E-state index is -0.962. The monoisotopic (exact) mass is 397 g/mol. The molecule has 0 aliphatic carbocycles. The van der Waals surface area contributed by atoms with E-state index in [1.54, 1.807) is 0 Å². The lowest BCUT2D eigenvalue weighted by atomic mass is 10.1. The van der Waals surface area contributed by atoms with Crippen LogP contribution in [0.3, 0.4) is 0 Å². The van der Waals surface area contributed by atoms with Gasteiger partial charge in [-0.1, -0.05) is 5.11 Å². The van der Waals surface area contributed by atoms with Crippen molar-refractivity contribution in [2.75, 3.05) is 19.8 Å². The van der Waals surface area contributed by atoms with E-state index in [9.17, 15) is 14.4 Å². The van der Waals surface area contributed by atoms with Crippen molar-refractivity contribution in [3.8, 4) is 0 Å². The molecule has 5 atom stereocenters. The van der Waals surface area contributed by atoms with Crippen molar-refractivity contribution in [1.29, 1.82) is 0 Å². The Morgan fingerprint density at radius 3 is 2.71 bits per heavy atom. The minimum absolute atomic E-state index is 0.0516. The topological polar surface area (TPSA) is 181 Å². The van der Waals surface area contributed by atoms with Gasteiger partial charge in [-0.05, 0) is 12.5 Å². The maximum Gasteiger partial charge on any atom is 0.508 e. The summed E-state index contributed by atoms with van der Waals surface area (Å²) in [6, 6.07) is -0.688. The normalized spacial score (nSPS) is 28.4. The number of rotatable bonds is 7. The smallest absolute Gasteiger partial charge is 0.432 e. The average Bonchev–Trinajstić information content (AvgIpc) is 3.33. The molecule has 0 aromatic carbocycles. The van der Waals surface area contributed by atoms with Crippen LogP contribution in [0.15, 0.2) is 20.9 Å². The van der Waals surface area contributed by atoms with Gasteiger partial charge < -0.3 is 24.1 Å². The molecule has 1 aromatic rings. The number of ether oxygens (including phenoxy) is 4. The molecule has 13 nitrogen and oxygen atoms in total. The molecule has 3 heterocycles. The van der Waals surface area contributed by atoms with E-state index in [0.717, 1.165) is 0 Å². The summed E-state index contributed by atoms with van der Waals surface area (Å²) >= 11 is 0. The summed E-state index contributed by atoms with van der Waals surface area (Å²) in [7, 11) is 0. The number of aliphatic hydroxyl groups is 1. The Morgan fingerprint density at radius 1 is 1.36 bits per heavy atom. The standard InChI is InChI=1S/C15H19N5O8/c1-7-3-20(14(23)17-13(7)22)12-2-8(18-19-16)10(28-12)5-25-15(24)26-6-11-9(4-21)27-11/h3,8-12,21H,2,4-6H2,1H3,(H,17,22,23)/t8-,9-,10+,11-,12+/m0/s1. The van der Waals surface area contributed by atoms with E-state index in [1.807, 2.05) is 0 Å². The van der Waals surface area contributed by atoms with Crippen LogP contribution in [-0.4, -0.2) is 65.0 Å². The summed E-state index contributed by atoms with van der Waals surface area (Å²) < 4.78 is 21.7. The molecule has 3 rings (SSSR count). The number of carbonyl (C=O) groups is 1. The van der Waals surface area contributed by atoms with Crippen molar-refractivity contribution in [2.45, 2.75) is 43.9 Å². The van der Waals surface area contributed by atoms with Crippen LogP contribution in [0.1, 0.15) is 18.2 Å². The second-order valence-corrected chi connectivity index (χ2v) is 6.38. The number of hydrogen-bond acceptors (Lipinski definition) is 9. The highest BCUT2D eigenvalue weighted by molar-refractivity contribution is 5.59. The fourth-order valence-corrected chi connectivity index (χ4v) is 2.85. The maximum atomic E-state index is 12.0. The number of azide groups is 1. The van der Waals surface area contributed by atoms with Crippen LogP contribution < -0.4 is 11.2 Å². The molecule has 0 saturated carbocycles. The molecule has 28 heavy (non-hydrogen) atoms. The van der Waals surface area contributed by atoms with E-state index in [4.69, 9.17) is 29.6 Å². The first kappa shape index (κ1) is 19.9. The van der Waals surface area contributed by atoms with Crippen LogP contribution in [0, 0.1) is 6.92 Å². The van der Waals surface area contributed by atoms with Gasteiger partial charge in [-0.15, -0.1) is 0 Å². The minimum Gasteiger partial charge on any atom is -0.432 e. The van der Waals surface area contributed by atoms with Crippen LogP contribution in [0.5, 0.6) is 0 Å². The molecule has 2 fully saturated rings. The summed E-state index contributed by atoms with van der Waals surface area (Å²) in [4.78, 5) is 40.1. The van der Waals surface area contributed by atoms with Gasteiger partial charge >= 0.3 is 11.8 Å². The summed E-state index contributed by atoms with van der Waals surface area (Å²) in [6.45, 7) is 1.07. The van der Waals surface area contributed by atoms with Crippen LogP contribution in [-0.2, 0) is 18.9 Å². The number of hydrogen-bond donors (Lipinski definition) is 2. The van der Waals surface area contributed by atoms with Crippen LogP contribution >= 0.6 is 0 Å². The van der Waals surface area contributed by atoms with Gasteiger partial charge in [0, 0.05) is 23.1 Å². The number of aromatic amines is 1. The highest BCUT2D eigenvalue weighted by Crippen LogP contribution is 2.30. The predicted octanol–water partition coefficient (Wildman–Crippen LogP) is -0.276. The number of carbonyl (C=O) groups excluding carboxylic acids is 1. The Hall–Kier alpha value is -2.86. The first-order valence-electron chi connectivity index (χ1n) is 8.50. The van der Waals surface area contributed by atoms with Gasteiger partial charge in [0.2, 0.25) is 0 Å². The van der Waals surface area contributed by atoms with Gasteiger partial charge in [-0.3, -0.25) is 14.3 Å². The molecule has 2 aliphatic heterocycles. The highest BCUT2D eigenvalue weighted by Gasteiger charge is 2.40. The Balaban J connectivity index is 1.58. The highest BCUT2D eigenvalue weighted by atomic mass is 16.7. The van der Waals surface area contributed by atoms with E-state index in [-0.39, 0.29) is 38.4 Å². The van der Waals surface area contributed by atoms with Gasteiger partial charge in [-0.2, -0.15) is 0 Å². The lowest BCUT2D eigenvalue weighted by molar-refractivity contribution is -0.0427. The lowest BCUT2D eigenvalue weighted by Gasteiger charge is -2.16. The molecule has 0 bridgehead atoms. The second-order valence-electron chi connectivity index (χ2n) is 6.38. The van der Waals surface area contributed by atoms with Crippen LogP contribution in [0.2, 0.25) is 0 Å². The molecule has 0 unspecified atom stereocenters. The second kappa shape index (κ2) is 8.44. The van der Waals surface area contributed by atoms with Gasteiger partial charge in [0.05, 0.1) is 12.6 Å². The Labute approximate surface area is 157 Å². The van der Waals surface area contributed by atoms with Crippen molar-refractivity contribution in [1.82, 2.24) is 9.55 Å². The third kappa shape index (κ3) is 4.51. The molecule has 13 heteroatoms. The SMILES string of the molecule is Cc1cn([C@H]2C[C@H](N=[N+]=[N-])[C@@H](COC(=O)OC[C@@H]3O[C@H]3CO)O2)c(=O)[nH]c1=O. The summed E-state index contributed by atoms with van der Waals surface area (Å²) in [6.07, 6.45) is -1.73. The Morgan fingerprint density at radius 2 is 2.07 bits per heavy atom. The largest absolute Gasteiger partial charge is 0.508 e. The average molecular weight is 397 g/mol. The summed E-state index contributed by atoms with van der Waals surface area (Å²) in [5.41, 5.74) is 7.88. The van der Waals surface area contributed by atoms with E-state index >= 15 is 0 Å². The van der Waals surface area contributed by atoms with Gasteiger partial charge in [-0.25, -0.2) is 9.59 Å².